The van der Waals surface area contributed by atoms with Gasteiger partial charge in [-0.1, -0.05) is 24.3 Å². The molecule has 3 rings (SSSR count). The van der Waals surface area contributed by atoms with Crippen LogP contribution in [0, 0.1) is 11.7 Å². The monoisotopic (exact) mass is 326 g/mol. The van der Waals surface area contributed by atoms with E-state index in [9.17, 15) is 14.0 Å². The lowest BCUT2D eigenvalue weighted by Gasteiger charge is -2.07. The molecule has 2 amide bonds. The van der Waals surface area contributed by atoms with Crippen molar-refractivity contribution in [3.63, 3.8) is 0 Å². The van der Waals surface area contributed by atoms with E-state index in [1.54, 1.807) is 31.3 Å². The van der Waals surface area contributed by atoms with Crippen LogP contribution in [0.5, 0.6) is 0 Å². The van der Waals surface area contributed by atoms with Gasteiger partial charge in [0.05, 0.1) is 6.42 Å². The van der Waals surface area contributed by atoms with Crippen LogP contribution < -0.4 is 10.6 Å². The van der Waals surface area contributed by atoms with E-state index in [2.05, 4.69) is 10.6 Å². The fourth-order valence-electron chi connectivity index (χ4n) is 2.78. The Morgan fingerprint density at radius 2 is 1.75 bits per heavy atom. The lowest BCUT2D eigenvalue weighted by atomic mass is 10.1. The number of anilines is 1. The molecule has 0 spiro atoms. The number of halogens is 1. The summed E-state index contributed by atoms with van der Waals surface area (Å²) in [6, 6.07) is 13.6. The van der Waals surface area contributed by atoms with Crippen LogP contribution in [0.4, 0.5) is 10.1 Å². The number of hydrogen-bond acceptors (Lipinski definition) is 2. The summed E-state index contributed by atoms with van der Waals surface area (Å²) in [5.74, 6) is -0.244. The zero-order chi connectivity index (χ0) is 17.1. The number of benzene rings is 2. The summed E-state index contributed by atoms with van der Waals surface area (Å²) in [7, 11) is 1.60. The first-order valence-corrected chi connectivity index (χ1v) is 7.92. The van der Waals surface area contributed by atoms with E-state index in [0.29, 0.717) is 12.1 Å². The first kappa shape index (κ1) is 16.2. The summed E-state index contributed by atoms with van der Waals surface area (Å²) in [5.41, 5.74) is 2.60. The van der Waals surface area contributed by atoms with Crippen molar-refractivity contribution in [1.82, 2.24) is 5.32 Å². The van der Waals surface area contributed by atoms with E-state index < -0.39 is 0 Å². The zero-order valence-electron chi connectivity index (χ0n) is 13.4. The fraction of sp³-hybridized carbons (Fsp3) is 0.263. The van der Waals surface area contributed by atoms with Crippen LogP contribution in [-0.4, -0.2) is 18.9 Å². The summed E-state index contributed by atoms with van der Waals surface area (Å²) >= 11 is 0. The Bertz CT molecular complexity index is 741. The molecule has 1 fully saturated rings. The Balaban J connectivity index is 1.56. The molecular weight excluding hydrogens is 307 g/mol. The molecule has 1 aliphatic carbocycles. The van der Waals surface area contributed by atoms with Crippen molar-refractivity contribution in [2.75, 3.05) is 12.4 Å². The van der Waals surface area contributed by atoms with Crippen molar-refractivity contribution in [3.05, 3.63) is 65.5 Å². The zero-order valence-corrected chi connectivity index (χ0v) is 13.4. The Morgan fingerprint density at radius 3 is 2.38 bits per heavy atom. The topological polar surface area (TPSA) is 58.2 Å². The SMILES string of the molecule is CNC(=O)Cc1ccc(NC(=O)C2CC2c2ccc(F)cc2)cc1. The van der Waals surface area contributed by atoms with Crippen LogP contribution in [0.25, 0.3) is 0 Å². The highest BCUT2D eigenvalue weighted by Gasteiger charge is 2.43. The van der Waals surface area contributed by atoms with Crippen LogP contribution in [-0.2, 0) is 16.0 Å². The van der Waals surface area contributed by atoms with Crippen molar-refractivity contribution in [2.45, 2.75) is 18.8 Å². The molecule has 0 heterocycles. The Labute approximate surface area is 140 Å². The van der Waals surface area contributed by atoms with Gasteiger partial charge in [0.15, 0.2) is 0 Å². The number of carbonyl (C=O) groups excluding carboxylic acids is 2. The summed E-state index contributed by atoms with van der Waals surface area (Å²) in [5, 5.41) is 5.47. The minimum absolute atomic E-state index is 0.0247. The fourth-order valence-corrected chi connectivity index (χ4v) is 2.78. The third-order valence-corrected chi connectivity index (χ3v) is 4.29. The second-order valence-electron chi connectivity index (χ2n) is 6.04. The molecule has 2 atom stereocenters. The quantitative estimate of drug-likeness (QED) is 0.888. The van der Waals surface area contributed by atoms with Gasteiger partial charge in [-0.2, -0.15) is 0 Å². The number of likely N-dealkylation sites (N-methyl/N-ethyl adjacent to an activating group) is 1. The molecule has 0 bridgehead atoms. The van der Waals surface area contributed by atoms with Crippen molar-refractivity contribution in [3.8, 4) is 0 Å². The molecule has 0 saturated heterocycles. The maximum Gasteiger partial charge on any atom is 0.228 e. The van der Waals surface area contributed by atoms with E-state index in [4.69, 9.17) is 0 Å². The molecule has 1 aliphatic rings. The minimum Gasteiger partial charge on any atom is -0.359 e. The largest absolute Gasteiger partial charge is 0.359 e. The smallest absolute Gasteiger partial charge is 0.228 e. The van der Waals surface area contributed by atoms with E-state index in [0.717, 1.165) is 17.5 Å². The van der Waals surface area contributed by atoms with Crippen LogP contribution >= 0.6 is 0 Å². The Hall–Kier alpha value is -2.69. The highest BCUT2D eigenvalue weighted by molar-refractivity contribution is 5.95. The van der Waals surface area contributed by atoms with Gasteiger partial charge in [0, 0.05) is 18.7 Å². The number of rotatable bonds is 5. The van der Waals surface area contributed by atoms with Gasteiger partial charge in [-0.25, -0.2) is 4.39 Å². The predicted octanol–water partition coefficient (Wildman–Crippen LogP) is 2.86. The molecule has 0 aliphatic heterocycles. The van der Waals surface area contributed by atoms with Gasteiger partial charge < -0.3 is 10.6 Å². The number of nitrogens with one attached hydrogen (secondary N) is 2. The molecule has 0 aromatic heterocycles. The summed E-state index contributed by atoms with van der Waals surface area (Å²) in [6.07, 6.45) is 1.10. The first-order chi connectivity index (χ1) is 11.6. The average Bonchev–Trinajstić information content (AvgIpc) is 3.38. The predicted molar refractivity (Wildman–Crippen MR) is 90.1 cm³/mol. The van der Waals surface area contributed by atoms with Gasteiger partial charge >= 0.3 is 0 Å². The van der Waals surface area contributed by atoms with Crippen molar-refractivity contribution >= 4 is 17.5 Å². The molecule has 5 heteroatoms. The van der Waals surface area contributed by atoms with E-state index in [1.807, 2.05) is 12.1 Å². The van der Waals surface area contributed by atoms with Crippen LogP contribution in [0.3, 0.4) is 0 Å². The molecule has 124 valence electrons. The van der Waals surface area contributed by atoms with Gasteiger partial charge in [0.2, 0.25) is 11.8 Å². The third-order valence-electron chi connectivity index (χ3n) is 4.29. The molecular formula is C19H19FN2O2. The number of amides is 2. The van der Waals surface area contributed by atoms with Gasteiger partial charge in [-0.05, 0) is 47.7 Å². The van der Waals surface area contributed by atoms with E-state index in [1.165, 1.54) is 12.1 Å². The number of carbonyl (C=O) groups is 2. The standard InChI is InChI=1S/C19H19FN2O2/c1-21-18(23)10-12-2-8-15(9-3-12)22-19(24)17-11-16(17)13-4-6-14(20)7-5-13/h2-9,16-17H,10-11H2,1H3,(H,21,23)(H,22,24). The summed E-state index contributed by atoms with van der Waals surface area (Å²) in [6.45, 7) is 0. The van der Waals surface area contributed by atoms with Gasteiger partial charge in [0.1, 0.15) is 5.82 Å². The summed E-state index contributed by atoms with van der Waals surface area (Å²) < 4.78 is 12.9. The maximum atomic E-state index is 12.9. The molecule has 0 radical (unpaired) electrons. The molecule has 1 saturated carbocycles. The minimum atomic E-state index is -0.266. The van der Waals surface area contributed by atoms with Crippen LogP contribution in [0.2, 0.25) is 0 Å². The second kappa shape index (κ2) is 6.83. The first-order valence-electron chi connectivity index (χ1n) is 7.92. The lowest BCUT2D eigenvalue weighted by molar-refractivity contribution is -0.120. The average molecular weight is 326 g/mol. The maximum absolute atomic E-state index is 12.9. The molecule has 4 nitrogen and oxygen atoms in total. The van der Waals surface area contributed by atoms with Crippen molar-refractivity contribution in [1.29, 1.82) is 0 Å². The molecule has 24 heavy (non-hydrogen) atoms. The normalized spacial score (nSPS) is 18.8. The molecule has 2 N–H and O–H groups in total. The Kier molecular flexibility index (Phi) is 4.60. The number of hydrogen-bond donors (Lipinski definition) is 2. The highest BCUT2D eigenvalue weighted by Crippen LogP contribution is 2.47. The van der Waals surface area contributed by atoms with Crippen LogP contribution in [0.15, 0.2) is 48.5 Å². The van der Waals surface area contributed by atoms with Gasteiger partial charge in [-0.3, -0.25) is 9.59 Å². The third kappa shape index (κ3) is 3.79. The highest BCUT2D eigenvalue weighted by atomic mass is 19.1. The van der Waals surface area contributed by atoms with Crippen LogP contribution in [0.1, 0.15) is 23.5 Å². The van der Waals surface area contributed by atoms with Gasteiger partial charge in [-0.15, -0.1) is 0 Å². The molecule has 2 aromatic rings. The van der Waals surface area contributed by atoms with Crippen molar-refractivity contribution in [2.24, 2.45) is 5.92 Å². The lowest BCUT2D eigenvalue weighted by Crippen LogP contribution is -2.20. The van der Waals surface area contributed by atoms with Gasteiger partial charge in [0.25, 0.3) is 0 Å². The molecule has 2 aromatic carbocycles. The van der Waals surface area contributed by atoms with E-state index in [-0.39, 0.29) is 29.5 Å². The molecule has 2 unspecified atom stereocenters. The van der Waals surface area contributed by atoms with Crippen molar-refractivity contribution < 1.29 is 14.0 Å². The second-order valence-corrected chi connectivity index (χ2v) is 6.04. The summed E-state index contributed by atoms with van der Waals surface area (Å²) in [4.78, 5) is 23.6. The Morgan fingerprint density at radius 1 is 1.08 bits per heavy atom. The van der Waals surface area contributed by atoms with E-state index >= 15 is 0 Å².